The van der Waals surface area contributed by atoms with Gasteiger partial charge < -0.3 is 24.2 Å². The third-order valence-electron chi connectivity index (χ3n) is 6.78. The van der Waals surface area contributed by atoms with E-state index in [-0.39, 0.29) is 43.4 Å². The number of fused-ring (bicyclic) bond motifs is 2. The topological polar surface area (TPSA) is 131 Å². The van der Waals surface area contributed by atoms with E-state index in [0.29, 0.717) is 31.1 Å². The van der Waals surface area contributed by atoms with E-state index in [9.17, 15) is 18.9 Å². The van der Waals surface area contributed by atoms with Crippen LogP contribution in [0.25, 0.3) is 0 Å². The number of hydrogen-bond donors (Lipinski definition) is 2. The van der Waals surface area contributed by atoms with Gasteiger partial charge in [0, 0.05) is 32.2 Å². The molecule has 4 unspecified atom stereocenters. The van der Waals surface area contributed by atoms with Crippen molar-refractivity contribution < 1.29 is 37.8 Å². The number of amides is 1. The van der Waals surface area contributed by atoms with E-state index in [1.165, 1.54) is 7.11 Å². The number of esters is 1. The molecule has 0 aromatic heterocycles. The van der Waals surface area contributed by atoms with Crippen LogP contribution in [0.4, 0.5) is 0 Å². The first-order valence-electron chi connectivity index (χ1n) is 12.0. The fourth-order valence-corrected chi connectivity index (χ4v) is 6.40. The first kappa shape index (κ1) is 27.3. The SMILES string of the molecule is COP(=O)(OC1CC2CCC([C@H]1C(=O)OCCCCNC(=O)CCC(=O)O)N2C)c1ccccc1. The summed E-state index contributed by atoms with van der Waals surface area (Å²) in [5, 5.41) is 11.7. The number of nitrogens with one attached hydrogen (secondary N) is 1. The van der Waals surface area contributed by atoms with Crippen molar-refractivity contribution >= 4 is 30.7 Å². The lowest BCUT2D eigenvalue weighted by atomic mass is 9.88. The third kappa shape index (κ3) is 7.13. The maximum atomic E-state index is 13.5. The average molecular weight is 511 g/mol. The Hall–Kier alpha value is -2.26. The van der Waals surface area contributed by atoms with Gasteiger partial charge in [-0.2, -0.15) is 0 Å². The second kappa shape index (κ2) is 12.6. The molecule has 0 aliphatic carbocycles. The van der Waals surface area contributed by atoms with Crippen LogP contribution in [-0.2, 0) is 32.7 Å². The largest absolute Gasteiger partial charge is 0.481 e. The molecule has 2 bridgehead atoms. The summed E-state index contributed by atoms with van der Waals surface area (Å²) >= 11 is 0. The van der Waals surface area contributed by atoms with Crippen LogP contribution in [0.3, 0.4) is 0 Å². The molecule has 0 saturated carbocycles. The number of carbonyl (C=O) groups excluding carboxylic acids is 2. The van der Waals surface area contributed by atoms with Gasteiger partial charge in [-0.25, -0.2) is 0 Å². The lowest BCUT2D eigenvalue weighted by molar-refractivity contribution is -0.158. The number of carboxylic acids is 1. The minimum absolute atomic E-state index is 0.0548. The van der Waals surface area contributed by atoms with Gasteiger partial charge in [0.15, 0.2) is 0 Å². The van der Waals surface area contributed by atoms with E-state index in [0.717, 1.165) is 12.8 Å². The molecule has 2 aliphatic heterocycles. The van der Waals surface area contributed by atoms with Gasteiger partial charge in [0.1, 0.15) is 0 Å². The fraction of sp³-hybridized carbons (Fsp3) is 0.625. The van der Waals surface area contributed by atoms with E-state index in [2.05, 4.69) is 10.2 Å². The summed E-state index contributed by atoms with van der Waals surface area (Å²) in [5.74, 6) is -2.29. The Balaban J connectivity index is 1.55. The molecule has 35 heavy (non-hydrogen) atoms. The molecule has 11 heteroatoms. The van der Waals surface area contributed by atoms with Crippen LogP contribution in [0.1, 0.15) is 44.9 Å². The maximum Gasteiger partial charge on any atom is 0.361 e. The van der Waals surface area contributed by atoms with Gasteiger partial charge in [0.2, 0.25) is 5.91 Å². The smallest absolute Gasteiger partial charge is 0.361 e. The Kier molecular flexibility index (Phi) is 9.86. The van der Waals surface area contributed by atoms with Gasteiger partial charge in [-0.15, -0.1) is 0 Å². The van der Waals surface area contributed by atoms with E-state index in [1.54, 1.807) is 24.3 Å². The Labute approximate surface area is 205 Å². The molecule has 10 nitrogen and oxygen atoms in total. The van der Waals surface area contributed by atoms with Crippen molar-refractivity contribution in [3.8, 4) is 0 Å². The zero-order valence-electron chi connectivity index (χ0n) is 20.3. The molecule has 1 aromatic rings. The summed E-state index contributed by atoms with van der Waals surface area (Å²) in [6.45, 7) is 0.569. The number of piperidine rings is 1. The molecule has 5 atom stereocenters. The van der Waals surface area contributed by atoms with Crippen LogP contribution >= 0.6 is 7.60 Å². The highest BCUT2D eigenvalue weighted by Gasteiger charge is 2.52. The summed E-state index contributed by atoms with van der Waals surface area (Å²) in [6.07, 6.45) is 2.64. The second-order valence-corrected chi connectivity index (χ2v) is 11.1. The van der Waals surface area contributed by atoms with Crippen molar-refractivity contribution in [3.05, 3.63) is 30.3 Å². The van der Waals surface area contributed by atoms with Crippen molar-refractivity contribution in [2.45, 2.75) is 63.1 Å². The molecule has 2 heterocycles. The number of hydrogen-bond acceptors (Lipinski definition) is 8. The molecular formula is C24H35N2O8P. The molecule has 2 aliphatic rings. The minimum Gasteiger partial charge on any atom is -0.481 e. The van der Waals surface area contributed by atoms with Gasteiger partial charge in [-0.05, 0) is 51.3 Å². The first-order valence-corrected chi connectivity index (χ1v) is 13.6. The standard InChI is InChI=1S/C24H35N2O8P/c1-26-17-10-11-19(26)23(20(16-17)34-35(31,32-2)18-8-4-3-5-9-18)24(30)33-15-7-6-14-25-21(27)12-13-22(28)29/h3-5,8-9,17,19-20,23H,6-7,10-16H2,1-2H3,(H,25,27)(H,28,29)/t17?,19?,20?,23-,35?/m1/s1. The highest BCUT2D eigenvalue weighted by atomic mass is 31.2. The molecule has 2 saturated heterocycles. The molecule has 2 fully saturated rings. The number of benzene rings is 1. The van der Waals surface area contributed by atoms with E-state index < -0.39 is 25.6 Å². The zero-order chi connectivity index (χ0) is 25.4. The number of carbonyl (C=O) groups is 3. The monoisotopic (exact) mass is 510 g/mol. The van der Waals surface area contributed by atoms with E-state index >= 15 is 0 Å². The van der Waals surface area contributed by atoms with Gasteiger partial charge >= 0.3 is 19.5 Å². The van der Waals surface area contributed by atoms with Crippen molar-refractivity contribution in [1.29, 1.82) is 0 Å². The van der Waals surface area contributed by atoms with Crippen LogP contribution in [0.5, 0.6) is 0 Å². The molecule has 3 rings (SSSR count). The highest BCUT2D eigenvalue weighted by Crippen LogP contribution is 2.52. The second-order valence-electron chi connectivity index (χ2n) is 9.00. The van der Waals surface area contributed by atoms with Crippen LogP contribution in [-0.4, -0.2) is 73.3 Å². The summed E-state index contributed by atoms with van der Waals surface area (Å²) in [4.78, 5) is 37.4. The van der Waals surface area contributed by atoms with Crippen LogP contribution < -0.4 is 10.6 Å². The number of rotatable bonds is 13. The lowest BCUT2D eigenvalue weighted by Crippen LogP contribution is -2.53. The van der Waals surface area contributed by atoms with Crippen molar-refractivity contribution in [3.63, 3.8) is 0 Å². The van der Waals surface area contributed by atoms with Crippen molar-refractivity contribution in [2.75, 3.05) is 27.3 Å². The molecule has 1 amide bonds. The maximum absolute atomic E-state index is 13.5. The normalized spacial score (nSPS) is 25.5. The fourth-order valence-electron chi connectivity index (χ4n) is 4.87. The quantitative estimate of drug-likeness (QED) is 0.233. The number of nitrogens with zero attached hydrogens (tertiary/aromatic N) is 1. The Morgan fingerprint density at radius 3 is 2.57 bits per heavy atom. The van der Waals surface area contributed by atoms with Gasteiger partial charge in [-0.3, -0.25) is 23.8 Å². The van der Waals surface area contributed by atoms with Crippen LogP contribution in [0.15, 0.2) is 30.3 Å². The average Bonchev–Trinajstić information content (AvgIpc) is 3.08. The summed E-state index contributed by atoms with van der Waals surface area (Å²) < 4.78 is 30.6. The predicted molar refractivity (Wildman–Crippen MR) is 128 cm³/mol. The van der Waals surface area contributed by atoms with Crippen molar-refractivity contribution in [1.82, 2.24) is 10.2 Å². The lowest BCUT2D eigenvalue weighted by Gasteiger charge is -2.42. The summed E-state index contributed by atoms with van der Waals surface area (Å²) in [6, 6.07) is 8.94. The van der Waals surface area contributed by atoms with Crippen LogP contribution in [0, 0.1) is 5.92 Å². The van der Waals surface area contributed by atoms with Gasteiger partial charge in [-0.1, -0.05) is 18.2 Å². The number of ether oxygens (including phenoxy) is 1. The Morgan fingerprint density at radius 2 is 1.89 bits per heavy atom. The molecule has 194 valence electrons. The number of carboxylic acid groups (broad SMARTS) is 1. The highest BCUT2D eigenvalue weighted by molar-refractivity contribution is 7.62. The predicted octanol–water partition coefficient (Wildman–Crippen LogP) is 2.32. The Morgan fingerprint density at radius 1 is 1.14 bits per heavy atom. The Bertz CT molecular complexity index is 927. The summed E-state index contributed by atoms with van der Waals surface area (Å²) in [7, 11) is -0.257. The zero-order valence-corrected chi connectivity index (χ0v) is 21.2. The number of aliphatic carboxylic acids is 1. The third-order valence-corrected chi connectivity index (χ3v) is 8.74. The van der Waals surface area contributed by atoms with Crippen molar-refractivity contribution in [2.24, 2.45) is 5.92 Å². The number of unbranched alkanes of at least 4 members (excludes halogenated alkanes) is 1. The molecule has 0 spiro atoms. The van der Waals surface area contributed by atoms with E-state index in [4.69, 9.17) is 18.9 Å². The van der Waals surface area contributed by atoms with Gasteiger partial charge in [0.25, 0.3) is 0 Å². The van der Waals surface area contributed by atoms with E-state index in [1.807, 2.05) is 13.1 Å². The molecule has 0 radical (unpaired) electrons. The summed E-state index contributed by atoms with van der Waals surface area (Å²) in [5.41, 5.74) is 0. The molecule has 2 N–H and O–H groups in total. The molecular weight excluding hydrogens is 475 g/mol. The first-order chi connectivity index (χ1) is 16.7. The van der Waals surface area contributed by atoms with Gasteiger partial charge in [0.05, 0.1) is 30.4 Å². The van der Waals surface area contributed by atoms with Crippen LogP contribution in [0.2, 0.25) is 0 Å². The minimum atomic E-state index is -3.61. The molecule has 1 aromatic carbocycles.